The normalized spacial score (nSPS) is 18.2. The van der Waals surface area contributed by atoms with Gasteiger partial charge < -0.3 is 23.7 Å². The fraction of sp³-hybridized carbons (Fsp3) is 0.536. The van der Waals surface area contributed by atoms with Crippen LogP contribution in [-0.2, 0) is 45.1 Å². The molecule has 0 bridgehead atoms. The standard InChI is InChI=1S/C28H37ClN2O5S/c1-28(2,3)37(33)30-25(10-11-26-34-14-7-15-35-26)24-17-22(29)16-21-18-31(13-12-23(21)24)27(32)36-19-20-8-5-4-6-9-20/h4-6,8-9,16-17,25-26,30H,7,10-15,18-19H2,1-3H3/t25-,37?/m0/s1. The lowest BCUT2D eigenvalue weighted by Gasteiger charge is -2.34. The van der Waals surface area contributed by atoms with Crippen LogP contribution in [0.15, 0.2) is 42.5 Å². The van der Waals surface area contributed by atoms with E-state index in [1.165, 1.54) is 0 Å². The summed E-state index contributed by atoms with van der Waals surface area (Å²) in [5.74, 6) is 0. The Morgan fingerprint density at radius 1 is 1.24 bits per heavy atom. The van der Waals surface area contributed by atoms with Crippen molar-refractivity contribution in [1.82, 2.24) is 9.62 Å². The lowest BCUT2D eigenvalue weighted by atomic mass is 9.89. The fourth-order valence-electron chi connectivity index (χ4n) is 4.56. The van der Waals surface area contributed by atoms with Gasteiger partial charge >= 0.3 is 6.09 Å². The third-order valence-corrected chi connectivity index (χ3v) is 8.40. The summed E-state index contributed by atoms with van der Waals surface area (Å²) in [6.07, 6.45) is 2.33. The molecule has 1 amide bonds. The van der Waals surface area contributed by atoms with E-state index in [-0.39, 0.29) is 25.0 Å². The Bertz CT molecular complexity index is 1040. The maximum Gasteiger partial charge on any atom is 0.410 e. The van der Waals surface area contributed by atoms with E-state index in [9.17, 15) is 9.35 Å². The summed E-state index contributed by atoms with van der Waals surface area (Å²) in [7, 11) is 0. The van der Waals surface area contributed by atoms with Gasteiger partial charge in [-0.3, -0.25) is 0 Å². The molecule has 2 aliphatic heterocycles. The van der Waals surface area contributed by atoms with Crippen molar-refractivity contribution in [3.63, 3.8) is 0 Å². The van der Waals surface area contributed by atoms with Gasteiger partial charge in [-0.1, -0.05) is 41.9 Å². The molecule has 2 heterocycles. The molecule has 0 saturated carbocycles. The molecule has 37 heavy (non-hydrogen) atoms. The van der Waals surface area contributed by atoms with Crippen LogP contribution in [-0.4, -0.2) is 46.3 Å². The maximum atomic E-state index is 13.1. The molecule has 2 atom stereocenters. The van der Waals surface area contributed by atoms with Crippen molar-refractivity contribution in [2.45, 2.75) is 76.7 Å². The quantitative estimate of drug-likeness (QED) is 0.428. The number of carbonyl (C=O) groups is 1. The number of amides is 1. The second-order valence-electron chi connectivity index (χ2n) is 10.5. The van der Waals surface area contributed by atoms with Gasteiger partial charge in [0.05, 0.1) is 19.3 Å². The monoisotopic (exact) mass is 548 g/mol. The molecular weight excluding hydrogens is 512 g/mol. The number of benzene rings is 2. The van der Waals surface area contributed by atoms with Crippen LogP contribution in [0.5, 0.6) is 0 Å². The highest BCUT2D eigenvalue weighted by Crippen LogP contribution is 2.34. The summed E-state index contributed by atoms with van der Waals surface area (Å²) >= 11 is 5.31. The molecule has 4 rings (SSSR count). The van der Waals surface area contributed by atoms with Crippen LogP contribution < -0.4 is 4.72 Å². The minimum absolute atomic E-state index is 0.196. The number of hydrogen-bond acceptors (Lipinski definition) is 6. The zero-order chi connectivity index (χ0) is 26.4. The Balaban J connectivity index is 1.50. The van der Waals surface area contributed by atoms with E-state index < -0.39 is 16.1 Å². The number of halogens is 1. The summed E-state index contributed by atoms with van der Waals surface area (Å²) in [5.41, 5.74) is 4.10. The largest absolute Gasteiger partial charge is 0.598 e. The molecule has 0 spiro atoms. The summed E-state index contributed by atoms with van der Waals surface area (Å²) in [4.78, 5) is 14.5. The van der Waals surface area contributed by atoms with E-state index >= 15 is 0 Å². The van der Waals surface area contributed by atoms with Crippen LogP contribution in [0, 0.1) is 0 Å². The third-order valence-electron chi connectivity index (χ3n) is 6.57. The van der Waals surface area contributed by atoms with E-state index in [1.807, 2.05) is 63.2 Å². The SMILES string of the molecule is CC(C)(C)[S+]([O-])N[C@@H](CCC1OCCCO1)c1cc(Cl)cc2c1CCN(C(=O)OCc1ccccc1)C2. The van der Waals surface area contributed by atoms with Crippen molar-refractivity contribution in [3.05, 3.63) is 69.7 Å². The number of hydrogen-bond donors (Lipinski definition) is 1. The predicted molar refractivity (Wildman–Crippen MR) is 146 cm³/mol. The molecule has 1 unspecified atom stereocenters. The number of carbonyl (C=O) groups excluding carboxylic acids is 1. The van der Waals surface area contributed by atoms with Crippen molar-refractivity contribution in [3.8, 4) is 0 Å². The highest BCUT2D eigenvalue weighted by Gasteiger charge is 2.33. The van der Waals surface area contributed by atoms with Gasteiger partial charge in [0.2, 0.25) is 0 Å². The van der Waals surface area contributed by atoms with Crippen molar-refractivity contribution in [1.29, 1.82) is 0 Å². The Kier molecular flexibility index (Phi) is 9.78. The van der Waals surface area contributed by atoms with Gasteiger partial charge in [0.15, 0.2) is 6.29 Å². The zero-order valence-corrected chi connectivity index (χ0v) is 23.4. The summed E-state index contributed by atoms with van der Waals surface area (Å²) in [6.45, 7) is 8.44. The van der Waals surface area contributed by atoms with Gasteiger partial charge in [0.25, 0.3) is 0 Å². The minimum Gasteiger partial charge on any atom is -0.598 e. The first-order valence-corrected chi connectivity index (χ1v) is 14.4. The molecule has 0 radical (unpaired) electrons. The Hall–Kier alpha value is -1.81. The molecule has 7 nitrogen and oxygen atoms in total. The van der Waals surface area contributed by atoms with Crippen LogP contribution in [0.4, 0.5) is 4.79 Å². The van der Waals surface area contributed by atoms with E-state index in [0.717, 1.165) is 28.7 Å². The molecule has 2 aliphatic rings. The van der Waals surface area contributed by atoms with Crippen molar-refractivity contribution in [2.75, 3.05) is 19.8 Å². The fourth-order valence-corrected chi connectivity index (χ4v) is 5.67. The summed E-state index contributed by atoms with van der Waals surface area (Å²) < 4.78 is 33.1. The Morgan fingerprint density at radius 3 is 2.68 bits per heavy atom. The Labute approximate surface area is 228 Å². The number of ether oxygens (including phenoxy) is 3. The topological polar surface area (TPSA) is 83.1 Å². The molecule has 2 aromatic carbocycles. The van der Waals surface area contributed by atoms with Crippen molar-refractivity contribution < 1.29 is 23.6 Å². The smallest absolute Gasteiger partial charge is 0.410 e. The average Bonchev–Trinajstić information content (AvgIpc) is 2.89. The van der Waals surface area contributed by atoms with Gasteiger partial charge in [0.1, 0.15) is 11.4 Å². The summed E-state index contributed by atoms with van der Waals surface area (Å²) in [5, 5.41) is 0.590. The van der Waals surface area contributed by atoms with Gasteiger partial charge in [-0.25, -0.2) is 4.79 Å². The second-order valence-corrected chi connectivity index (χ2v) is 12.9. The van der Waals surface area contributed by atoms with Gasteiger partial charge in [0, 0.05) is 35.9 Å². The third kappa shape index (κ3) is 7.85. The molecule has 202 valence electrons. The number of rotatable bonds is 8. The van der Waals surface area contributed by atoms with Gasteiger partial charge in [-0.05, 0) is 74.4 Å². The first-order chi connectivity index (χ1) is 17.7. The number of nitrogens with zero attached hydrogens (tertiary/aromatic N) is 1. The summed E-state index contributed by atoms with van der Waals surface area (Å²) in [6, 6.07) is 13.3. The zero-order valence-electron chi connectivity index (χ0n) is 21.8. The first kappa shape index (κ1) is 28.2. The van der Waals surface area contributed by atoms with Crippen LogP contribution >= 0.6 is 11.6 Å². The maximum absolute atomic E-state index is 13.1. The van der Waals surface area contributed by atoms with E-state index in [0.29, 0.717) is 50.6 Å². The van der Waals surface area contributed by atoms with E-state index in [4.69, 9.17) is 25.8 Å². The second kappa shape index (κ2) is 12.8. The van der Waals surface area contributed by atoms with Crippen molar-refractivity contribution >= 4 is 29.1 Å². The number of fused-ring (bicyclic) bond motifs is 1. The average molecular weight is 549 g/mol. The van der Waals surface area contributed by atoms with E-state index in [1.54, 1.807) is 4.90 Å². The van der Waals surface area contributed by atoms with Crippen LogP contribution in [0.2, 0.25) is 5.02 Å². The molecule has 1 fully saturated rings. The molecule has 0 aromatic heterocycles. The lowest BCUT2D eigenvalue weighted by molar-refractivity contribution is -0.182. The molecule has 1 saturated heterocycles. The first-order valence-electron chi connectivity index (χ1n) is 12.9. The molecule has 1 N–H and O–H groups in total. The van der Waals surface area contributed by atoms with Gasteiger partial charge in [-0.2, -0.15) is 0 Å². The number of nitrogens with one attached hydrogen (secondary N) is 1. The molecule has 9 heteroatoms. The van der Waals surface area contributed by atoms with Crippen LogP contribution in [0.3, 0.4) is 0 Å². The molecular formula is C28H37ClN2O5S. The van der Waals surface area contributed by atoms with Gasteiger partial charge in [-0.15, -0.1) is 4.72 Å². The predicted octanol–water partition coefficient (Wildman–Crippen LogP) is 5.67. The molecule has 0 aliphatic carbocycles. The van der Waals surface area contributed by atoms with Crippen LogP contribution in [0.25, 0.3) is 0 Å². The van der Waals surface area contributed by atoms with E-state index in [2.05, 4.69) is 4.72 Å². The highest BCUT2D eigenvalue weighted by atomic mass is 35.5. The minimum atomic E-state index is -1.28. The van der Waals surface area contributed by atoms with Crippen LogP contribution in [0.1, 0.15) is 68.3 Å². The lowest BCUT2D eigenvalue weighted by Crippen LogP contribution is -2.42. The molecule has 2 aromatic rings. The van der Waals surface area contributed by atoms with Crippen molar-refractivity contribution in [2.24, 2.45) is 0 Å². The Morgan fingerprint density at radius 2 is 1.97 bits per heavy atom. The highest BCUT2D eigenvalue weighted by molar-refractivity contribution is 7.90.